The van der Waals surface area contributed by atoms with Gasteiger partial charge in [-0.25, -0.2) is 9.97 Å². The Morgan fingerprint density at radius 3 is 2.79 bits per heavy atom. The first-order valence-electron chi connectivity index (χ1n) is 10.7. The van der Waals surface area contributed by atoms with E-state index in [1.54, 1.807) is 11.9 Å². The molecule has 1 saturated heterocycles. The second kappa shape index (κ2) is 11.0. The van der Waals surface area contributed by atoms with Crippen LogP contribution in [0.1, 0.15) is 34.3 Å². The van der Waals surface area contributed by atoms with Crippen molar-refractivity contribution >= 4 is 18.3 Å². The second-order valence-corrected chi connectivity index (χ2v) is 8.11. The Hall–Kier alpha value is -3.37. The van der Waals surface area contributed by atoms with Crippen molar-refractivity contribution in [1.29, 1.82) is 0 Å². The molecule has 2 aliphatic heterocycles. The normalized spacial score (nSPS) is 20.3. The number of fused-ring (bicyclic) bond motifs is 1. The van der Waals surface area contributed by atoms with E-state index in [9.17, 15) is 9.59 Å². The summed E-state index contributed by atoms with van der Waals surface area (Å²) in [7, 11) is 3.79. The Balaban J connectivity index is 0.000000968. The molecule has 2 aliphatic rings. The third-order valence-corrected chi connectivity index (χ3v) is 5.84. The van der Waals surface area contributed by atoms with Crippen molar-refractivity contribution in [3.8, 4) is 0 Å². The van der Waals surface area contributed by atoms with Gasteiger partial charge in [-0.1, -0.05) is 24.3 Å². The zero-order chi connectivity index (χ0) is 24.0. The highest BCUT2D eigenvalue weighted by Crippen LogP contribution is 2.31. The Morgan fingerprint density at radius 2 is 2.06 bits per heavy atom. The quantitative estimate of drug-likeness (QED) is 0.645. The summed E-state index contributed by atoms with van der Waals surface area (Å²) in [6.07, 6.45) is 1.93. The van der Waals surface area contributed by atoms with Gasteiger partial charge in [0.1, 0.15) is 12.4 Å². The van der Waals surface area contributed by atoms with Crippen molar-refractivity contribution in [2.45, 2.75) is 38.6 Å². The molecular weight excluding hydrogens is 426 g/mol. The largest absolute Gasteiger partial charge is 0.483 e. The topological polar surface area (TPSA) is 125 Å². The summed E-state index contributed by atoms with van der Waals surface area (Å²) in [5.74, 6) is 0.165. The minimum absolute atomic E-state index is 0.111. The van der Waals surface area contributed by atoms with Crippen molar-refractivity contribution in [2.75, 3.05) is 27.2 Å². The Kier molecular flexibility index (Phi) is 8.07. The number of aromatic nitrogens is 2. The number of hydrogen-bond acceptors (Lipinski definition) is 7. The molecule has 0 bridgehead atoms. The highest BCUT2D eigenvalue weighted by molar-refractivity contribution is 5.86. The second-order valence-electron chi connectivity index (χ2n) is 8.11. The van der Waals surface area contributed by atoms with E-state index in [2.05, 4.69) is 27.2 Å². The highest BCUT2D eigenvalue weighted by atomic mass is 16.5. The number of rotatable bonds is 4. The summed E-state index contributed by atoms with van der Waals surface area (Å²) in [6, 6.07) is 7.26. The first-order chi connectivity index (χ1) is 15.8. The predicted molar refractivity (Wildman–Crippen MR) is 119 cm³/mol. The van der Waals surface area contributed by atoms with E-state index < -0.39 is 12.1 Å². The zero-order valence-corrected chi connectivity index (χ0v) is 19.0. The van der Waals surface area contributed by atoms with Crippen molar-refractivity contribution < 1.29 is 24.2 Å². The van der Waals surface area contributed by atoms with Crippen molar-refractivity contribution in [3.63, 3.8) is 0 Å². The molecule has 3 heterocycles. The molecule has 2 atom stereocenters. The fourth-order valence-electron chi connectivity index (χ4n) is 4.07. The minimum Gasteiger partial charge on any atom is -0.483 e. The summed E-state index contributed by atoms with van der Waals surface area (Å²) in [6.45, 7) is 3.63. The number of nitrogens with zero attached hydrogens (tertiary/aromatic N) is 4. The Morgan fingerprint density at radius 1 is 1.33 bits per heavy atom. The monoisotopic (exact) mass is 455 g/mol. The van der Waals surface area contributed by atoms with Crippen LogP contribution in [0.15, 0.2) is 30.5 Å². The van der Waals surface area contributed by atoms with Crippen LogP contribution in [0.25, 0.3) is 0 Å². The lowest BCUT2D eigenvalue weighted by molar-refractivity contribution is -0.162. The van der Waals surface area contributed by atoms with Gasteiger partial charge < -0.3 is 25.0 Å². The molecule has 33 heavy (non-hydrogen) atoms. The van der Waals surface area contributed by atoms with Gasteiger partial charge >= 0.3 is 0 Å². The number of likely N-dealkylation sites (N-methyl/N-ethyl adjacent to an activating group) is 2. The van der Waals surface area contributed by atoms with Crippen LogP contribution in [-0.2, 0) is 38.6 Å². The first-order valence-corrected chi connectivity index (χ1v) is 10.7. The smallest absolute Gasteiger partial charge is 0.290 e. The Labute approximate surface area is 192 Å². The molecular formula is C23H29N5O5. The number of carboxylic acid groups (broad SMARTS) is 1. The highest BCUT2D eigenvalue weighted by Gasteiger charge is 2.40. The zero-order valence-electron chi connectivity index (χ0n) is 19.0. The number of aryl methyl sites for hydroxylation is 1. The molecule has 176 valence electrons. The van der Waals surface area contributed by atoms with Crippen LogP contribution in [-0.4, -0.2) is 76.5 Å². The number of hydrogen-bond donors (Lipinski definition) is 2. The van der Waals surface area contributed by atoms with Crippen LogP contribution in [0.2, 0.25) is 0 Å². The molecule has 0 spiro atoms. The van der Waals surface area contributed by atoms with Gasteiger partial charge in [0, 0.05) is 44.0 Å². The summed E-state index contributed by atoms with van der Waals surface area (Å²) in [5, 5.41) is 9.79. The molecule has 0 radical (unpaired) electrons. The molecule has 1 aromatic heterocycles. The van der Waals surface area contributed by atoms with E-state index in [0.717, 1.165) is 41.9 Å². The summed E-state index contributed by atoms with van der Waals surface area (Å²) >= 11 is 0. The predicted octanol–water partition coefficient (Wildman–Crippen LogP) is 0.688. The number of benzene rings is 1. The van der Waals surface area contributed by atoms with Crippen LogP contribution in [0.4, 0.5) is 0 Å². The molecule has 0 unspecified atom stereocenters. The van der Waals surface area contributed by atoms with Crippen molar-refractivity contribution in [3.05, 3.63) is 58.7 Å². The number of morpholine rings is 1. The van der Waals surface area contributed by atoms with E-state index in [1.807, 2.05) is 37.4 Å². The van der Waals surface area contributed by atoms with Gasteiger partial charge in [-0.3, -0.25) is 14.4 Å². The summed E-state index contributed by atoms with van der Waals surface area (Å²) < 4.78 is 5.69. The minimum atomic E-state index is -0.792. The first kappa shape index (κ1) is 24.3. The number of amides is 2. The third kappa shape index (κ3) is 5.71. The third-order valence-electron chi connectivity index (χ3n) is 5.84. The molecule has 10 nitrogen and oxygen atoms in total. The van der Waals surface area contributed by atoms with E-state index in [-0.39, 0.29) is 31.4 Å². The lowest BCUT2D eigenvalue weighted by Gasteiger charge is -2.38. The SMILES string of the molecule is Cc1ccccc1[C@@H]1[C@@H](C(=O)NCc2ncc3c(n2)CCN(C)C3)OCC(=O)N1C.O=CO. The van der Waals surface area contributed by atoms with Gasteiger partial charge in [0.2, 0.25) is 5.91 Å². The van der Waals surface area contributed by atoms with Gasteiger partial charge in [0.15, 0.2) is 6.10 Å². The van der Waals surface area contributed by atoms with Crippen LogP contribution in [0, 0.1) is 6.92 Å². The van der Waals surface area contributed by atoms with E-state index in [4.69, 9.17) is 14.6 Å². The van der Waals surface area contributed by atoms with Gasteiger partial charge in [-0.05, 0) is 25.1 Å². The molecule has 0 saturated carbocycles. The van der Waals surface area contributed by atoms with Crippen LogP contribution in [0.3, 0.4) is 0 Å². The van der Waals surface area contributed by atoms with Gasteiger partial charge in [0.25, 0.3) is 12.4 Å². The van der Waals surface area contributed by atoms with E-state index >= 15 is 0 Å². The van der Waals surface area contributed by atoms with Crippen LogP contribution >= 0.6 is 0 Å². The number of carbonyl (C=O) groups is 3. The summed E-state index contributed by atoms with van der Waals surface area (Å²) in [4.78, 5) is 46.5. The standard InChI is InChI=1S/C22H27N5O3.CH2O2/c1-14-6-4-5-7-16(14)20-21(30-13-19(28)27(20)3)22(29)24-11-18-23-10-15-12-26(2)9-8-17(15)25-18;2-1-3/h4-7,10,20-21H,8-9,11-13H2,1-3H3,(H,24,29);1H,(H,2,3)/t20-,21+;/m1./s1. The molecule has 4 rings (SSSR count). The van der Waals surface area contributed by atoms with E-state index in [0.29, 0.717) is 5.82 Å². The van der Waals surface area contributed by atoms with E-state index in [1.165, 1.54) is 0 Å². The molecule has 0 aliphatic carbocycles. The lowest BCUT2D eigenvalue weighted by atomic mass is 9.94. The molecule has 2 amide bonds. The maximum Gasteiger partial charge on any atom is 0.290 e. The van der Waals surface area contributed by atoms with Crippen LogP contribution in [0.5, 0.6) is 0 Å². The Bertz CT molecular complexity index is 1010. The fraction of sp³-hybridized carbons (Fsp3) is 0.435. The number of carbonyl (C=O) groups excluding carboxylic acids is 2. The van der Waals surface area contributed by atoms with Crippen molar-refractivity contribution in [1.82, 2.24) is 25.1 Å². The maximum absolute atomic E-state index is 13.0. The summed E-state index contributed by atoms with van der Waals surface area (Å²) in [5.41, 5.74) is 4.09. The average Bonchev–Trinajstić information content (AvgIpc) is 2.80. The van der Waals surface area contributed by atoms with Gasteiger partial charge in [-0.2, -0.15) is 0 Å². The fourth-order valence-corrected chi connectivity index (χ4v) is 4.07. The maximum atomic E-state index is 13.0. The van der Waals surface area contributed by atoms with Crippen molar-refractivity contribution in [2.24, 2.45) is 0 Å². The lowest BCUT2D eigenvalue weighted by Crippen LogP contribution is -2.53. The van der Waals surface area contributed by atoms with Gasteiger partial charge in [0.05, 0.1) is 12.6 Å². The molecule has 1 aromatic carbocycles. The average molecular weight is 456 g/mol. The molecule has 2 N–H and O–H groups in total. The van der Waals surface area contributed by atoms with Gasteiger partial charge in [-0.15, -0.1) is 0 Å². The number of nitrogens with one attached hydrogen (secondary N) is 1. The van der Waals surface area contributed by atoms with Crippen LogP contribution < -0.4 is 5.32 Å². The number of ether oxygens (including phenoxy) is 1. The molecule has 1 fully saturated rings. The molecule has 2 aromatic rings. The molecule has 10 heteroatoms.